The Morgan fingerprint density at radius 1 is 1.30 bits per heavy atom. The first kappa shape index (κ1) is 14.6. The fourth-order valence-corrected chi connectivity index (χ4v) is 2.07. The van der Waals surface area contributed by atoms with Crippen LogP contribution in [0.15, 0.2) is 35.4 Å². The number of amides is 1. The van der Waals surface area contributed by atoms with Crippen LogP contribution in [0.4, 0.5) is 0 Å². The molecule has 2 aromatic heterocycles. The summed E-state index contributed by atoms with van der Waals surface area (Å²) in [6.07, 6.45) is 1.34. The fraction of sp³-hybridized carbons (Fsp3) is 0.133. The molecule has 0 radical (unpaired) electrons. The number of hydrazone groups is 1. The van der Waals surface area contributed by atoms with Gasteiger partial charge in [-0.1, -0.05) is 12.1 Å². The average molecular weight is 310 g/mol. The Morgan fingerprint density at radius 3 is 2.87 bits per heavy atom. The Balaban J connectivity index is 1.79. The van der Waals surface area contributed by atoms with Crippen LogP contribution in [0.3, 0.4) is 0 Å². The molecule has 2 N–H and O–H groups in total. The van der Waals surface area contributed by atoms with Crippen LogP contribution in [-0.4, -0.2) is 36.8 Å². The number of aromatic nitrogens is 4. The van der Waals surface area contributed by atoms with Crippen molar-refractivity contribution in [2.24, 2.45) is 5.10 Å². The van der Waals surface area contributed by atoms with Gasteiger partial charge in [0.2, 0.25) is 5.82 Å². The zero-order chi connectivity index (χ0) is 16.4. The van der Waals surface area contributed by atoms with Crippen LogP contribution in [0.25, 0.3) is 5.78 Å². The van der Waals surface area contributed by atoms with E-state index in [1.807, 2.05) is 19.9 Å². The molecule has 0 bridgehead atoms. The van der Waals surface area contributed by atoms with E-state index in [1.165, 1.54) is 16.8 Å². The number of phenols is 1. The summed E-state index contributed by atoms with van der Waals surface area (Å²) in [5, 5.41) is 17.5. The molecule has 0 saturated carbocycles. The van der Waals surface area contributed by atoms with E-state index in [2.05, 4.69) is 25.6 Å². The SMILES string of the molecule is Cc1cc(C)n2nc(C(=O)NN=Cc3ccccc3O)nc2n1. The van der Waals surface area contributed by atoms with Crippen molar-refractivity contribution >= 4 is 17.9 Å². The largest absolute Gasteiger partial charge is 0.507 e. The number of aromatic hydroxyl groups is 1. The van der Waals surface area contributed by atoms with Gasteiger partial charge in [-0.15, -0.1) is 5.10 Å². The number of para-hydroxylation sites is 1. The van der Waals surface area contributed by atoms with Gasteiger partial charge in [0.1, 0.15) is 5.75 Å². The lowest BCUT2D eigenvalue weighted by Gasteiger charge is -1.97. The van der Waals surface area contributed by atoms with E-state index in [9.17, 15) is 9.90 Å². The van der Waals surface area contributed by atoms with Crippen LogP contribution < -0.4 is 5.43 Å². The number of nitrogens with zero attached hydrogens (tertiary/aromatic N) is 5. The van der Waals surface area contributed by atoms with E-state index < -0.39 is 5.91 Å². The van der Waals surface area contributed by atoms with E-state index in [1.54, 1.807) is 18.2 Å². The third kappa shape index (κ3) is 3.00. The number of phenolic OH excluding ortho intramolecular Hbond substituents is 1. The lowest BCUT2D eigenvalue weighted by Crippen LogP contribution is -2.19. The first-order chi connectivity index (χ1) is 11.0. The molecule has 0 aliphatic carbocycles. The number of hydrogen-bond donors (Lipinski definition) is 2. The van der Waals surface area contributed by atoms with Crippen LogP contribution in [0, 0.1) is 13.8 Å². The Kier molecular flexibility index (Phi) is 3.71. The van der Waals surface area contributed by atoms with Gasteiger partial charge in [-0.3, -0.25) is 4.79 Å². The second kappa shape index (κ2) is 5.84. The second-order valence-electron chi connectivity index (χ2n) is 4.94. The van der Waals surface area contributed by atoms with Gasteiger partial charge in [0, 0.05) is 17.0 Å². The number of nitrogens with one attached hydrogen (secondary N) is 1. The summed E-state index contributed by atoms with van der Waals surface area (Å²) in [6.45, 7) is 3.70. The predicted molar refractivity (Wildman–Crippen MR) is 83.4 cm³/mol. The van der Waals surface area contributed by atoms with Crippen LogP contribution in [0.2, 0.25) is 0 Å². The highest BCUT2D eigenvalue weighted by atomic mass is 16.3. The number of aryl methyl sites for hydroxylation is 2. The molecule has 1 aromatic carbocycles. The molecule has 23 heavy (non-hydrogen) atoms. The minimum absolute atomic E-state index is 0.0272. The van der Waals surface area contributed by atoms with Gasteiger partial charge in [-0.25, -0.2) is 14.9 Å². The molecule has 0 saturated heterocycles. The monoisotopic (exact) mass is 310 g/mol. The summed E-state index contributed by atoms with van der Waals surface area (Å²) >= 11 is 0. The van der Waals surface area contributed by atoms with E-state index in [-0.39, 0.29) is 11.6 Å². The van der Waals surface area contributed by atoms with Gasteiger partial charge in [0.05, 0.1) is 6.21 Å². The molecule has 3 aromatic rings. The van der Waals surface area contributed by atoms with Crippen molar-refractivity contribution in [1.29, 1.82) is 0 Å². The van der Waals surface area contributed by atoms with Gasteiger partial charge < -0.3 is 5.11 Å². The Hall–Kier alpha value is -3.29. The molecule has 3 rings (SSSR count). The van der Waals surface area contributed by atoms with Crippen molar-refractivity contribution in [2.75, 3.05) is 0 Å². The minimum Gasteiger partial charge on any atom is -0.507 e. The van der Waals surface area contributed by atoms with E-state index in [0.29, 0.717) is 11.3 Å². The minimum atomic E-state index is -0.556. The number of fused-ring (bicyclic) bond motifs is 1. The molecule has 2 heterocycles. The second-order valence-corrected chi connectivity index (χ2v) is 4.94. The number of carbonyl (C=O) groups is 1. The zero-order valence-electron chi connectivity index (χ0n) is 12.6. The number of rotatable bonds is 3. The van der Waals surface area contributed by atoms with Crippen LogP contribution in [0.5, 0.6) is 5.75 Å². The maximum absolute atomic E-state index is 12.0. The molecular formula is C15H14N6O2. The molecular weight excluding hydrogens is 296 g/mol. The topological polar surface area (TPSA) is 105 Å². The molecule has 8 nitrogen and oxygen atoms in total. The smallest absolute Gasteiger partial charge is 0.311 e. The molecule has 0 fully saturated rings. The molecule has 0 atom stereocenters. The van der Waals surface area contributed by atoms with Crippen LogP contribution >= 0.6 is 0 Å². The first-order valence-electron chi connectivity index (χ1n) is 6.87. The maximum atomic E-state index is 12.0. The van der Waals surface area contributed by atoms with Crippen molar-refractivity contribution in [3.63, 3.8) is 0 Å². The quantitative estimate of drug-likeness (QED) is 0.559. The van der Waals surface area contributed by atoms with Crippen molar-refractivity contribution in [1.82, 2.24) is 25.0 Å². The highest BCUT2D eigenvalue weighted by molar-refractivity contribution is 5.92. The Morgan fingerprint density at radius 2 is 2.09 bits per heavy atom. The average Bonchev–Trinajstić information content (AvgIpc) is 2.93. The lowest BCUT2D eigenvalue weighted by atomic mass is 10.2. The van der Waals surface area contributed by atoms with E-state index in [0.717, 1.165) is 11.4 Å². The highest BCUT2D eigenvalue weighted by Crippen LogP contribution is 2.12. The van der Waals surface area contributed by atoms with E-state index in [4.69, 9.17) is 0 Å². The summed E-state index contributed by atoms with van der Waals surface area (Å²) in [5.41, 5.74) is 4.44. The number of hydrogen-bond acceptors (Lipinski definition) is 6. The van der Waals surface area contributed by atoms with Gasteiger partial charge in [0.25, 0.3) is 5.78 Å². The van der Waals surface area contributed by atoms with Crippen LogP contribution in [0.1, 0.15) is 27.6 Å². The molecule has 0 unspecified atom stereocenters. The van der Waals surface area contributed by atoms with E-state index >= 15 is 0 Å². The summed E-state index contributed by atoms with van der Waals surface area (Å²) in [6, 6.07) is 8.50. The summed E-state index contributed by atoms with van der Waals surface area (Å²) < 4.78 is 1.49. The standard InChI is InChI=1S/C15H14N6O2/c1-9-7-10(2)21-15(17-9)18-13(20-21)14(23)19-16-8-11-5-3-4-6-12(11)22/h3-8,22H,1-2H3,(H,19,23). The van der Waals surface area contributed by atoms with Crippen molar-refractivity contribution in [3.05, 3.63) is 53.1 Å². The van der Waals surface area contributed by atoms with Gasteiger partial charge in [0.15, 0.2) is 0 Å². The zero-order valence-corrected chi connectivity index (χ0v) is 12.6. The predicted octanol–water partition coefficient (Wildman–Crippen LogP) is 1.21. The Labute approximate surface area is 131 Å². The number of benzene rings is 1. The lowest BCUT2D eigenvalue weighted by molar-refractivity contribution is 0.0945. The van der Waals surface area contributed by atoms with Gasteiger partial charge >= 0.3 is 5.91 Å². The highest BCUT2D eigenvalue weighted by Gasteiger charge is 2.14. The van der Waals surface area contributed by atoms with Gasteiger partial charge in [-0.2, -0.15) is 10.1 Å². The summed E-state index contributed by atoms with van der Waals surface area (Å²) in [4.78, 5) is 20.3. The number of carbonyl (C=O) groups excluding carboxylic acids is 1. The molecule has 0 spiro atoms. The summed E-state index contributed by atoms with van der Waals surface area (Å²) in [5.74, 6) is -0.149. The molecule has 0 aliphatic heterocycles. The molecule has 8 heteroatoms. The third-order valence-corrected chi connectivity index (χ3v) is 3.13. The maximum Gasteiger partial charge on any atom is 0.311 e. The van der Waals surface area contributed by atoms with Crippen molar-refractivity contribution in [2.45, 2.75) is 13.8 Å². The molecule has 0 aliphatic rings. The first-order valence-corrected chi connectivity index (χ1v) is 6.87. The summed E-state index contributed by atoms with van der Waals surface area (Å²) in [7, 11) is 0. The Bertz CT molecular complexity index is 915. The van der Waals surface area contributed by atoms with Crippen molar-refractivity contribution in [3.8, 4) is 5.75 Å². The molecule has 116 valence electrons. The third-order valence-electron chi connectivity index (χ3n) is 3.13. The van der Waals surface area contributed by atoms with Crippen molar-refractivity contribution < 1.29 is 9.90 Å². The normalized spacial score (nSPS) is 11.2. The molecule has 1 amide bonds. The fourth-order valence-electron chi connectivity index (χ4n) is 2.07. The van der Waals surface area contributed by atoms with Gasteiger partial charge in [-0.05, 0) is 32.0 Å². The van der Waals surface area contributed by atoms with Crippen LogP contribution in [-0.2, 0) is 0 Å².